The third-order valence-corrected chi connectivity index (χ3v) is 3.79. The molecule has 1 atom stereocenters. The number of benzene rings is 1. The SMILES string of the molecule is CCNC1CCCc2nc(COc3ccccc3)ncc21. The van der Waals surface area contributed by atoms with Crippen LogP contribution in [0.1, 0.15) is 42.9 Å². The van der Waals surface area contributed by atoms with Crippen molar-refractivity contribution >= 4 is 0 Å². The van der Waals surface area contributed by atoms with Gasteiger partial charge in [-0.05, 0) is 37.9 Å². The molecule has 1 unspecified atom stereocenters. The highest BCUT2D eigenvalue weighted by Crippen LogP contribution is 2.27. The molecule has 1 aliphatic carbocycles. The van der Waals surface area contributed by atoms with Gasteiger partial charge in [0, 0.05) is 23.5 Å². The highest BCUT2D eigenvalue weighted by Gasteiger charge is 2.21. The van der Waals surface area contributed by atoms with Crippen molar-refractivity contribution in [3.05, 3.63) is 53.6 Å². The largest absolute Gasteiger partial charge is 0.486 e. The first-order chi connectivity index (χ1) is 10.4. The van der Waals surface area contributed by atoms with E-state index in [0.29, 0.717) is 12.6 Å². The van der Waals surface area contributed by atoms with Crippen LogP contribution >= 0.6 is 0 Å². The van der Waals surface area contributed by atoms with Gasteiger partial charge in [-0.15, -0.1) is 0 Å². The summed E-state index contributed by atoms with van der Waals surface area (Å²) >= 11 is 0. The van der Waals surface area contributed by atoms with Gasteiger partial charge in [-0.25, -0.2) is 9.97 Å². The molecule has 1 heterocycles. The molecule has 0 saturated heterocycles. The zero-order valence-electron chi connectivity index (χ0n) is 12.4. The number of ether oxygens (including phenoxy) is 1. The highest BCUT2D eigenvalue weighted by molar-refractivity contribution is 5.25. The Kier molecular flexibility index (Phi) is 4.46. The lowest BCUT2D eigenvalue weighted by Gasteiger charge is -2.25. The Morgan fingerprint density at radius 1 is 1.29 bits per heavy atom. The van der Waals surface area contributed by atoms with E-state index in [1.165, 1.54) is 24.1 Å². The average Bonchev–Trinajstić information content (AvgIpc) is 2.54. The minimum Gasteiger partial charge on any atom is -0.486 e. The second-order valence-corrected chi connectivity index (χ2v) is 5.29. The molecule has 1 aromatic heterocycles. The molecule has 110 valence electrons. The number of rotatable bonds is 5. The number of hydrogen-bond acceptors (Lipinski definition) is 4. The maximum absolute atomic E-state index is 5.72. The van der Waals surface area contributed by atoms with Crippen LogP contribution in [0.2, 0.25) is 0 Å². The molecule has 0 aliphatic heterocycles. The quantitative estimate of drug-likeness (QED) is 0.916. The third-order valence-electron chi connectivity index (χ3n) is 3.79. The van der Waals surface area contributed by atoms with Crippen LogP contribution in [0.15, 0.2) is 36.5 Å². The number of hydrogen-bond donors (Lipinski definition) is 1. The first-order valence-corrected chi connectivity index (χ1v) is 7.62. The fraction of sp³-hybridized carbons (Fsp3) is 0.412. The first-order valence-electron chi connectivity index (χ1n) is 7.62. The summed E-state index contributed by atoms with van der Waals surface area (Å²) < 4.78 is 5.72. The smallest absolute Gasteiger partial charge is 0.166 e. The zero-order valence-corrected chi connectivity index (χ0v) is 12.4. The molecule has 1 aliphatic rings. The Bertz CT molecular complexity index is 586. The van der Waals surface area contributed by atoms with Gasteiger partial charge in [-0.3, -0.25) is 0 Å². The van der Waals surface area contributed by atoms with Crippen molar-refractivity contribution < 1.29 is 4.74 Å². The summed E-state index contributed by atoms with van der Waals surface area (Å²) in [6.07, 6.45) is 5.36. The molecule has 2 aromatic rings. The van der Waals surface area contributed by atoms with E-state index in [-0.39, 0.29) is 0 Å². The number of nitrogens with zero attached hydrogens (tertiary/aromatic N) is 2. The number of aromatic nitrogens is 2. The van der Waals surface area contributed by atoms with Crippen LogP contribution in [0.4, 0.5) is 0 Å². The maximum Gasteiger partial charge on any atom is 0.166 e. The molecule has 4 nitrogen and oxygen atoms in total. The molecular weight excluding hydrogens is 262 g/mol. The van der Waals surface area contributed by atoms with E-state index in [1.54, 1.807) is 0 Å². The monoisotopic (exact) mass is 283 g/mol. The van der Waals surface area contributed by atoms with Crippen molar-refractivity contribution in [2.45, 2.75) is 38.8 Å². The van der Waals surface area contributed by atoms with E-state index >= 15 is 0 Å². The fourth-order valence-electron chi connectivity index (χ4n) is 2.78. The summed E-state index contributed by atoms with van der Waals surface area (Å²) in [5.74, 6) is 1.61. The number of nitrogens with one attached hydrogen (secondary N) is 1. The van der Waals surface area contributed by atoms with Crippen molar-refractivity contribution in [2.75, 3.05) is 6.54 Å². The van der Waals surface area contributed by atoms with Crippen molar-refractivity contribution in [1.82, 2.24) is 15.3 Å². The van der Waals surface area contributed by atoms with Crippen LogP contribution in [0, 0.1) is 0 Å². The van der Waals surface area contributed by atoms with E-state index in [4.69, 9.17) is 4.74 Å². The van der Waals surface area contributed by atoms with Crippen LogP contribution < -0.4 is 10.1 Å². The number of fused-ring (bicyclic) bond motifs is 1. The Labute approximate surface area is 125 Å². The van der Waals surface area contributed by atoms with Gasteiger partial charge >= 0.3 is 0 Å². The van der Waals surface area contributed by atoms with E-state index in [9.17, 15) is 0 Å². The Morgan fingerprint density at radius 3 is 2.95 bits per heavy atom. The molecule has 0 fully saturated rings. The van der Waals surface area contributed by atoms with Gasteiger partial charge in [0.15, 0.2) is 5.82 Å². The van der Waals surface area contributed by atoms with Gasteiger partial charge < -0.3 is 10.1 Å². The Hall–Kier alpha value is -1.94. The van der Waals surface area contributed by atoms with Crippen molar-refractivity contribution in [3.63, 3.8) is 0 Å². The predicted octanol–water partition coefficient (Wildman–Crippen LogP) is 3.04. The summed E-state index contributed by atoms with van der Waals surface area (Å²) in [6, 6.07) is 10.2. The first kappa shape index (κ1) is 14.0. The summed E-state index contributed by atoms with van der Waals surface area (Å²) in [7, 11) is 0. The van der Waals surface area contributed by atoms with Crippen molar-refractivity contribution in [1.29, 1.82) is 0 Å². The van der Waals surface area contributed by atoms with E-state index < -0.39 is 0 Å². The van der Waals surface area contributed by atoms with E-state index in [1.807, 2.05) is 36.5 Å². The number of para-hydroxylation sites is 1. The average molecular weight is 283 g/mol. The lowest BCUT2D eigenvalue weighted by molar-refractivity contribution is 0.294. The van der Waals surface area contributed by atoms with E-state index in [2.05, 4.69) is 22.2 Å². The fourth-order valence-corrected chi connectivity index (χ4v) is 2.78. The minimum absolute atomic E-state index is 0.405. The standard InChI is InChI=1S/C17H21N3O/c1-2-18-15-9-6-10-16-14(15)11-19-17(20-16)12-21-13-7-4-3-5-8-13/h3-5,7-8,11,15,18H,2,6,9-10,12H2,1H3. The van der Waals surface area contributed by atoms with Crippen LogP contribution in [0.25, 0.3) is 0 Å². The second kappa shape index (κ2) is 6.68. The maximum atomic E-state index is 5.72. The van der Waals surface area contributed by atoms with E-state index in [0.717, 1.165) is 24.5 Å². The van der Waals surface area contributed by atoms with Gasteiger partial charge in [0.1, 0.15) is 12.4 Å². The molecule has 0 amide bonds. The van der Waals surface area contributed by atoms with Crippen molar-refractivity contribution in [2.24, 2.45) is 0 Å². The van der Waals surface area contributed by atoms with Crippen LogP contribution in [-0.2, 0) is 13.0 Å². The summed E-state index contributed by atoms with van der Waals surface area (Å²) in [4.78, 5) is 9.15. The molecule has 0 spiro atoms. The Balaban J connectivity index is 1.71. The summed E-state index contributed by atoms with van der Waals surface area (Å²) in [5, 5.41) is 3.51. The topological polar surface area (TPSA) is 47.0 Å². The lowest BCUT2D eigenvalue weighted by atomic mass is 9.92. The van der Waals surface area contributed by atoms with Gasteiger partial charge in [-0.1, -0.05) is 25.1 Å². The molecular formula is C17H21N3O. The molecule has 1 aromatic carbocycles. The third kappa shape index (κ3) is 3.39. The molecule has 0 bridgehead atoms. The highest BCUT2D eigenvalue weighted by atomic mass is 16.5. The van der Waals surface area contributed by atoms with Crippen LogP contribution in [-0.4, -0.2) is 16.5 Å². The Morgan fingerprint density at radius 2 is 2.14 bits per heavy atom. The molecule has 21 heavy (non-hydrogen) atoms. The van der Waals surface area contributed by atoms with Crippen LogP contribution in [0.3, 0.4) is 0 Å². The lowest BCUT2D eigenvalue weighted by Crippen LogP contribution is -2.26. The van der Waals surface area contributed by atoms with Gasteiger partial charge in [-0.2, -0.15) is 0 Å². The molecule has 0 radical (unpaired) electrons. The summed E-state index contributed by atoms with van der Waals surface area (Å²) in [6.45, 7) is 3.53. The van der Waals surface area contributed by atoms with Crippen LogP contribution in [0.5, 0.6) is 5.75 Å². The van der Waals surface area contributed by atoms with Crippen molar-refractivity contribution in [3.8, 4) is 5.75 Å². The van der Waals surface area contributed by atoms with Gasteiger partial charge in [0.25, 0.3) is 0 Å². The molecule has 0 saturated carbocycles. The molecule has 1 N–H and O–H groups in total. The predicted molar refractivity (Wildman–Crippen MR) is 82.2 cm³/mol. The van der Waals surface area contributed by atoms with Gasteiger partial charge in [0.2, 0.25) is 0 Å². The normalized spacial score (nSPS) is 17.3. The number of aryl methyl sites for hydroxylation is 1. The summed E-state index contributed by atoms with van der Waals surface area (Å²) in [5.41, 5.74) is 2.43. The second-order valence-electron chi connectivity index (χ2n) is 5.29. The van der Waals surface area contributed by atoms with Gasteiger partial charge in [0.05, 0.1) is 0 Å². The molecule has 4 heteroatoms. The zero-order chi connectivity index (χ0) is 14.5. The molecule has 3 rings (SSSR count). The minimum atomic E-state index is 0.405.